The van der Waals surface area contributed by atoms with Crippen molar-refractivity contribution in [3.63, 3.8) is 0 Å². The number of benzene rings is 1. The zero-order valence-electron chi connectivity index (χ0n) is 11.9. The molecule has 1 aromatic heterocycles. The highest BCUT2D eigenvalue weighted by molar-refractivity contribution is 7.08. The van der Waals surface area contributed by atoms with Crippen LogP contribution in [0.1, 0.15) is 21.5 Å². The molecule has 110 valence electrons. The SMILES string of the molecule is Cc1ccc(NCC(=O)NNC(=O)c2ccsc2)c(C)c1. The lowest BCUT2D eigenvalue weighted by Gasteiger charge is -2.11. The van der Waals surface area contributed by atoms with Gasteiger partial charge in [-0.25, -0.2) is 0 Å². The minimum atomic E-state index is -0.323. The molecule has 0 bridgehead atoms. The predicted octanol–water partition coefficient (Wildman–Crippen LogP) is 2.24. The van der Waals surface area contributed by atoms with Crippen molar-refractivity contribution in [2.24, 2.45) is 0 Å². The van der Waals surface area contributed by atoms with E-state index in [0.29, 0.717) is 5.56 Å². The summed E-state index contributed by atoms with van der Waals surface area (Å²) in [6, 6.07) is 7.64. The maximum absolute atomic E-state index is 11.7. The van der Waals surface area contributed by atoms with Crippen molar-refractivity contribution in [3.05, 3.63) is 51.7 Å². The van der Waals surface area contributed by atoms with Gasteiger partial charge in [0.25, 0.3) is 11.8 Å². The molecular weight excluding hydrogens is 286 g/mol. The van der Waals surface area contributed by atoms with E-state index in [-0.39, 0.29) is 18.4 Å². The summed E-state index contributed by atoms with van der Waals surface area (Å²) in [6.45, 7) is 4.09. The third-order valence-electron chi connectivity index (χ3n) is 2.92. The summed E-state index contributed by atoms with van der Waals surface area (Å²) in [6.07, 6.45) is 0. The second-order valence-corrected chi connectivity index (χ2v) is 5.47. The minimum Gasteiger partial charge on any atom is -0.376 e. The van der Waals surface area contributed by atoms with Gasteiger partial charge in [-0.15, -0.1) is 0 Å². The maximum atomic E-state index is 11.7. The molecule has 1 aromatic carbocycles. The first-order chi connectivity index (χ1) is 10.1. The zero-order valence-corrected chi connectivity index (χ0v) is 12.7. The van der Waals surface area contributed by atoms with E-state index in [4.69, 9.17) is 0 Å². The van der Waals surface area contributed by atoms with Crippen LogP contribution < -0.4 is 16.2 Å². The van der Waals surface area contributed by atoms with Gasteiger partial charge in [-0.05, 0) is 36.9 Å². The largest absolute Gasteiger partial charge is 0.376 e. The van der Waals surface area contributed by atoms with Gasteiger partial charge in [0, 0.05) is 11.1 Å². The number of aryl methyl sites for hydroxylation is 2. The van der Waals surface area contributed by atoms with Gasteiger partial charge in [0.2, 0.25) is 0 Å². The third kappa shape index (κ3) is 4.32. The molecule has 21 heavy (non-hydrogen) atoms. The average Bonchev–Trinajstić information content (AvgIpc) is 2.98. The standard InChI is InChI=1S/C15H17N3O2S/c1-10-3-4-13(11(2)7-10)16-8-14(19)17-18-15(20)12-5-6-21-9-12/h3-7,9,16H,8H2,1-2H3,(H,17,19)(H,18,20). The van der Waals surface area contributed by atoms with Gasteiger partial charge in [0.05, 0.1) is 12.1 Å². The van der Waals surface area contributed by atoms with Crippen molar-refractivity contribution in [1.82, 2.24) is 10.9 Å². The van der Waals surface area contributed by atoms with Gasteiger partial charge in [0.1, 0.15) is 0 Å². The van der Waals surface area contributed by atoms with Crippen molar-refractivity contribution < 1.29 is 9.59 Å². The average molecular weight is 303 g/mol. The normalized spacial score (nSPS) is 10.0. The topological polar surface area (TPSA) is 70.2 Å². The summed E-state index contributed by atoms with van der Waals surface area (Å²) in [5.41, 5.74) is 8.43. The summed E-state index contributed by atoms with van der Waals surface area (Å²) in [5, 5.41) is 6.56. The van der Waals surface area contributed by atoms with E-state index in [1.54, 1.807) is 16.8 Å². The van der Waals surface area contributed by atoms with E-state index in [0.717, 1.165) is 11.3 Å². The van der Waals surface area contributed by atoms with E-state index in [2.05, 4.69) is 16.2 Å². The Hall–Kier alpha value is -2.34. The number of hydrogen-bond acceptors (Lipinski definition) is 4. The molecule has 0 unspecified atom stereocenters. The molecular formula is C15H17N3O2S. The van der Waals surface area contributed by atoms with E-state index in [1.165, 1.54) is 16.9 Å². The second kappa shape index (κ2) is 6.90. The third-order valence-corrected chi connectivity index (χ3v) is 3.60. The van der Waals surface area contributed by atoms with Crippen molar-refractivity contribution >= 4 is 28.8 Å². The van der Waals surface area contributed by atoms with Crippen LogP contribution in [0.15, 0.2) is 35.0 Å². The molecule has 2 aromatic rings. The Labute approximate surface area is 127 Å². The van der Waals surface area contributed by atoms with E-state index in [9.17, 15) is 9.59 Å². The van der Waals surface area contributed by atoms with E-state index in [1.807, 2.05) is 32.0 Å². The number of hydrazine groups is 1. The van der Waals surface area contributed by atoms with Gasteiger partial charge in [-0.3, -0.25) is 20.4 Å². The first-order valence-electron chi connectivity index (χ1n) is 6.49. The van der Waals surface area contributed by atoms with Crippen LogP contribution in [0.5, 0.6) is 0 Å². The first kappa shape index (κ1) is 15.1. The van der Waals surface area contributed by atoms with Crippen LogP contribution in [0.4, 0.5) is 5.69 Å². The number of hydrogen-bond donors (Lipinski definition) is 3. The predicted molar refractivity (Wildman–Crippen MR) is 84.3 cm³/mol. The molecule has 0 aliphatic heterocycles. The number of carbonyl (C=O) groups excluding carboxylic acids is 2. The highest BCUT2D eigenvalue weighted by Crippen LogP contribution is 2.15. The number of nitrogens with one attached hydrogen (secondary N) is 3. The van der Waals surface area contributed by atoms with Crippen LogP contribution in [0.2, 0.25) is 0 Å². The van der Waals surface area contributed by atoms with Gasteiger partial charge >= 0.3 is 0 Å². The lowest BCUT2D eigenvalue weighted by atomic mass is 10.1. The van der Waals surface area contributed by atoms with E-state index < -0.39 is 0 Å². The lowest BCUT2D eigenvalue weighted by Crippen LogP contribution is -2.44. The fourth-order valence-electron chi connectivity index (χ4n) is 1.82. The van der Waals surface area contributed by atoms with Crippen molar-refractivity contribution in [1.29, 1.82) is 0 Å². The van der Waals surface area contributed by atoms with E-state index >= 15 is 0 Å². The summed E-state index contributed by atoms with van der Waals surface area (Å²) in [5.74, 6) is -0.630. The molecule has 0 radical (unpaired) electrons. The van der Waals surface area contributed by atoms with Crippen molar-refractivity contribution in [3.8, 4) is 0 Å². The van der Waals surface area contributed by atoms with Crippen LogP contribution in [0, 0.1) is 13.8 Å². The van der Waals surface area contributed by atoms with Crippen molar-refractivity contribution in [2.45, 2.75) is 13.8 Å². The molecule has 2 rings (SSSR count). The molecule has 0 aliphatic rings. The van der Waals surface area contributed by atoms with Gasteiger partial charge in [0.15, 0.2) is 0 Å². The molecule has 0 aliphatic carbocycles. The minimum absolute atomic E-state index is 0.0911. The molecule has 3 N–H and O–H groups in total. The summed E-state index contributed by atoms with van der Waals surface area (Å²) in [7, 11) is 0. The smallest absolute Gasteiger partial charge is 0.270 e. The number of carbonyl (C=O) groups is 2. The number of rotatable bonds is 4. The van der Waals surface area contributed by atoms with Crippen molar-refractivity contribution in [2.75, 3.05) is 11.9 Å². The van der Waals surface area contributed by atoms with Crippen LogP contribution in [0.3, 0.4) is 0 Å². The maximum Gasteiger partial charge on any atom is 0.270 e. The molecule has 0 spiro atoms. The summed E-state index contributed by atoms with van der Waals surface area (Å²) < 4.78 is 0. The van der Waals surface area contributed by atoms with Crippen LogP contribution >= 0.6 is 11.3 Å². The lowest BCUT2D eigenvalue weighted by molar-refractivity contribution is -0.120. The fourth-order valence-corrected chi connectivity index (χ4v) is 2.46. The van der Waals surface area contributed by atoms with Crippen LogP contribution in [-0.2, 0) is 4.79 Å². The monoisotopic (exact) mass is 303 g/mol. The number of thiophene rings is 1. The number of anilines is 1. The van der Waals surface area contributed by atoms with Gasteiger partial charge in [-0.1, -0.05) is 17.7 Å². The Morgan fingerprint density at radius 2 is 1.95 bits per heavy atom. The quantitative estimate of drug-likeness (QED) is 0.759. The molecule has 5 nitrogen and oxygen atoms in total. The van der Waals surface area contributed by atoms with Crippen LogP contribution in [0.25, 0.3) is 0 Å². The zero-order chi connectivity index (χ0) is 15.2. The van der Waals surface area contributed by atoms with Gasteiger partial charge < -0.3 is 5.32 Å². The van der Waals surface area contributed by atoms with Gasteiger partial charge in [-0.2, -0.15) is 11.3 Å². The first-order valence-corrected chi connectivity index (χ1v) is 7.43. The Morgan fingerprint density at radius 1 is 1.14 bits per heavy atom. The highest BCUT2D eigenvalue weighted by atomic mass is 32.1. The second-order valence-electron chi connectivity index (χ2n) is 4.69. The summed E-state index contributed by atoms with van der Waals surface area (Å²) in [4.78, 5) is 23.3. The molecule has 0 atom stereocenters. The molecule has 0 saturated heterocycles. The molecule has 0 saturated carbocycles. The Kier molecular flexibility index (Phi) is 4.94. The Morgan fingerprint density at radius 3 is 2.62 bits per heavy atom. The molecule has 6 heteroatoms. The highest BCUT2D eigenvalue weighted by Gasteiger charge is 2.07. The van der Waals surface area contributed by atoms with Crippen LogP contribution in [-0.4, -0.2) is 18.4 Å². The molecule has 0 fully saturated rings. The Bertz CT molecular complexity index is 638. The fraction of sp³-hybridized carbons (Fsp3) is 0.200. The number of amides is 2. The molecule has 1 heterocycles. The Balaban J connectivity index is 1.78. The molecule has 2 amide bonds. The summed E-state index contributed by atoms with van der Waals surface area (Å²) >= 11 is 1.43.